The molecule has 1 saturated carbocycles. The molecule has 2 N–H and O–H groups in total. The number of nitrogens with two attached hydrogens (primary N) is 1. The second-order valence-corrected chi connectivity index (χ2v) is 7.26. The molecule has 2 atom stereocenters. The number of aliphatic imine (C=N–C) groups is 1. The van der Waals surface area contributed by atoms with Gasteiger partial charge in [-0.3, -0.25) is 4.99 Å². The fourth-order valence-electron chi connectivity index (χ4n) is 4.31. The van der Waals surface area contributed by atoms with Crippen molar-refractivity contribution in [1.29, 1.82) is 0 Å². The van der Waals surface area contributed by atoms with Gasteiger partial charge in [-0.1, -0.05) is 20.8 Å². The zero-order chi connectivity index (χ0) is 15.3. The number of hydrogen-bond donors (Lipinski definition) is 1. The number of ether oxygens (including phenoxy) is 1. The molecule has 0 radical (unpaired) electrons. The molecule has 2 unspecified atom stereocenters. The van der Waals surface area contributed by atoms with Gasteiger partial charge in [0.25, 0.3) is 0 Å². The fraction of sp³-hybridized carbons (Fsp3) is 0.588. The molecular weight excluding hydrogens is 262 g/mol. The molecule has 4 nitrogen and oxygen atoms in total. The minimum atomic E-state index is 0.0299. The van der Waals surface area contributed by atoms with E-state index in [-0.39, 0.29) is 5.54 Å². The van der Waals surface area contributed by atoms with Crippen LogP contribution in [-0.2, 0) is 0 Å². The van der Waals surface area contributed by atoms with Crippen LogP contribution in [0.25, 0.3) is 0 Å². The van der Waals surface area contributed by atoms with E-state index < -0.39 is 0 Å². The fourth-order valence-corrected chi connectivity index (χ4v) is 4.31. The molecule has 114 valence electrons. The predicted molar refractivity (Wildman–Crippen MR) is 86.9 cm³/mol. The van der Waals surface area contributed by atoms with Crippen molar-refractivity contribution in [2.24, 2.45) is 22.1 Å². The average Bonchev–Trinajstić information content (AvgIpc) is 2.87. The normalized spacial score (nSPS) is 30.8. The Morgan fingerprint density at radius 1 is 1.29 bits per heavy atom. The Morgan fingerprint density at radius 3 is 2.48 bits per heavy atom. The summed E-state index contributed by atoms with van der Waals surface area (Å²) in [5.74, 6) is 2.08. The van der Waals surface area contributed by atoms with Crippen molar-refractivity contribution in [3.63, 3.8) is 0 Å². The number of benzene rings is 1. The highest BCUT2D eigenvalue weighted by atomic mass is 16.5. The highest BCUT2D eigenvalue weighted by Crippen LogP contribution is 2.53. The van der Waals surface area contributed by atoms with Gasteiger partial charge in [-0.05, 0) is 48.4 Å². The summed E-state index contributed by atoms with van der Waals surface area (Å²) in [7, 11) is 1.68. The first kappa shape index (κ1) is 14.2. The maximum atomic E-state index is 6.23. The van der Waals surface area contributed by atoms with Gasteiger partial charge >= 0.3 is 0 Å². The van der Waals surface area contributed by atoms with Crippen LogP contribution in [-0.4, -0.2) is 25.2 Å². The van der Waals surface area contributed by atoms with Crippen LogP contribution in [0.4, 0.5) is 5.69 Å². The van der Waals surface area contributed by atoms with E-state index in [2.05, 4.69) is 42.8 Å². The number of rotatable bonds is 2. The number of methoxy groups -OCH3 is 1. The molecule has 1 fully saturated rings. The molecule has 1 aromatic carbocycles. The average molecular weight is 287 g/mol. The summed E-state index contributed by atoms with van der Waals surface area (Å²) in [6.45, 7) is 7.83. The smallest absolute Gasteiger partial charge is 0.196 e. The minimum absolute atomic E-state index is 0.0299. The van der Waals surface area contributed by atoms with Crippen LogP contribution < -0.4 is 15.4 Å². The Morgan fingerprint density at radius 2 is 1.95 bits per heavy atom. The van der Waals surface area contributed by atoms with E-state index in [1.807, 2.05) is 12.1 Å². The lowest BCUT2D eigenvalue weighted by Gasteiger charge is -2.40. The van der Waals surface area contributed by atoms with Crippen molar-refractivity contribution in [1.82, 2.24) is 0 Å². The summed E-state index contributed by atoms with van der Waals surface area (Å²) in [6, 6.07) is 8.12. The molecule has 1 spiro atoms. The molecule has 2 aliphatic rings. The van der Waals surface area contributed by atoms with Crippen LogP contribution in [0.15, 0.2) is 29.3 Å². The Bertz CT molecular complexity index is 564. The van der Waals surface area contributed by atoms with Crippen molar-refractivity contribution in [2.45, 2.75) is 39.2 Å². The third-order valence-electron chi connectivity index (χ3n) is 5.08. The van der Waals surface area contributed by atoms with Crippen molar-refractivity contribution >= 4 is 11.6 Å². The van der Waals surface area contributed by atoms with Crippen LogP contribution in [0.2, 0.25) is 0 Å². The first-order chi connectivity index (χ1) is 9.88. The molecule has 0 bridgehead atoms. The lowest BCUT2D eigenvalue weighted by molar-refractivity contribution is 0.341. The van der Waals surface area contributed by atoms with Gasteiger partial charge in [-0.2, -0.15) is 0 Å². The van der Waals surface area contributed by atoms with Crippen LogP contribution in [0, 0.1) is 11.3 Å². The molecule has 1 heterocycles. The molecule has 3 rings (SSSR count). The van der Waals surface area contributed by atoms with Crippen molar-refractivity contribution in [2.75, 3.05) is 18.6 Å². The molecule has 0 saturated heterocycles. The summed E-state index contributed by atoms with van der Waals surface area (Å²) in [4.78, 5) is 6.83. The van der Waals surface area contributed by atoms with E-state index in [0.717, 1.165) is 24.4 Å². The summed E-state index contributed by atoms with van der Waals surface area (Å²) >= 11 is 0. The van der Waals surface area contributed by atoms with Gasteiger partial charge in [0.05, 0.1) is 19.2 Å². The lowest BCUT2D eigenvalue weighted by Crippen LogP contribution is -2.54. The minimum Gasteiger partial charge on any atom is -0.497 e. The maximum Gasteiger partial charge on any atom is 0.196 e. The molecule has 21 heavy (non-hydrogen) atoms. The quantitative estimate of drug-likeness (QED) is 0.909. The van der Waals surface area contributed by atoms with E-state index in [1.54, 1.807) is 7.11 Å². The van der Waals surface area contributed by atoms with Crippen LogP contribution in [0.3, 0.4) is 0 Å². The van der Waals surface area contributed by atoms with Gasteiger partial charge in [-0.15, -0.1) is 0 Å². The third-order valence-corrected chi connectivity index (χ3v) is 5.08. The summed E-state index contributed by atoms with van der Waals surface area (Å²) in [5, 5.41) is 0. The van der Waals surface area contributed by atoms with Gasteiger partial charge in [0.15, 0.2) is 5.96 Å². The van der Waals surface area contributed by atoms with Gasteiger partial charge in [0, 0.05) is 5.69 Å². The maximum absolute atomic E-state index is 6.23. The van der Waals surface area contributed by atoms with Crippen molar-refractivity contribution in [3.8, 4) is 5.75 Å². The first-order valence-electron chi connectivity index (χ1n) is 7.62. The number of anilines is 1. The zero-order valence-electron chi connectivity index (χ0n) is 13.4. The Kier molecular flexibility index (Phi) is 3.15. The highest BCUT2D eigenvalue weighted by Gasteiger charge is 2.55. The van der Waals surface area contributed by atoms with Crippen molar-refractivity contribution in [3.05, 3.63) is 24.3 Å². The molecular formula is C17H25N3O. The van der Waals surface area contributed by atoms with Gasteiger partial charge in [0.1, 0.15) is 5.75 Å². The van der Waals surface area contributed by atoms with Crippen LogP contribution >= 0.6 is 0 Å². The standard InChI is InChI=1S/C17H25N3O/c1-12-9-16(2,3)10-17(12)11-19-15(18)20(17)13-5-7-14(21-4)8-6-13/h5-8,12H,9-11H2,1-4H3,(H2,18,19). The number of guanidine groups is 1. The van der Waals surface area contributed by atoms with E-state index in [0.29, 0.717) is 17.3 Å². The van der Waals surface area contributed by atoms with Gasteiger partial charge in [0.2, 0.25) is 0 Å². The molecule has 4 heteroatoms. The summed E-state index contributed by atoms with van der Waals surface area (Å²) in [5.41, 5.74) is 7.71. The van der Waals surface area contributed by atoms with Gasteiger partial charge in [-0.25, -0.2) is 0 Å². The summed E-state index contributed by atoms with van der Waals surface area (Å²) in [6.07, 6.45) is 2.33. The molecule has 0 aromatic heterocycles. The second kappa shape index (κ2) is 4.65. The third kappa shape index (κ3) is 2.17. The molecule has 1 aliphatic carbocycles. The van der Waals surface area contributed by atoms with E-state index in [1.165, 1.54) is 6.42 Å². The zero-order valence-corrected chi connectivity index (χ0v) is 13.4. The number of hydrogen-bond acceptors (Lipinski definition) is 4. The number of nitrogens with zero attached hydrogens (tertiary/aromatic N) is 2. The predicted octanol–water partition coefficient (Wildman–Crippen LogP) is 3.02. The Labute approximate surface area is 127 Å². The van der Waals surface area contributed by atoms with E-state index in [9.17, 15) is 0 Å². The first-order valence-corrected chi connectivity index (χ1v) is 7.62. The van der Waals surface area contributed by atoms with E-state index >= 15 is 0 Å². The monoisotopic (exact) mass is 287 g/mol. The Hall–Kier alpha value is -1.71. The van der Waals surface area contributed by atoms with E-state index in [4.69, 9.17) is 10.5 Å². The Balaban J connectivity index is 1.99. The molecule has 0 amide bonds. The molecule has 1 aromatic rings. The highest BCUT2D eigenvalue weighted by molar-refractivity contribution is 5.98. The van der Waals surface area contributed by atoms with Crippen LogP contribution in [0.1, 0.15) is 33.6 Å². The topological polar surface area (TPSA) is 50.9 Å². The lowest BCUT2D eigenvalue weighted by atomic mass is 9.85. The van der Waals surface area contributed by atoms with Crippen LogP contribution in [0.5, 0.6) is 5.75 Å². The SMILES string of the molecule is COc1ccc(N2C(N)=NCC23CC(C)(C)CC3C)cc1. The molecule has 1 aliphatic heterocycles. The summed E-state index contributed by atoms with van der Waals surface area (Å²) < 4.78 is 5.25. The van der Waals surface area contributed by atoms with Gasteiger partial charge < -0.3 is 15.4 Å². The van der Waals surface area contributed by atoms with Crippen molar-refractivity contribution < 1.29 is 4.74 Å². The second-order valence-electron chi connectivity index (χ2n) is 7.26. The largest absolute Gasteiger partial charge is 0.497 e.